The summed E-state index contributed by atoms with van der Waals surface area (Å²) in [4.78, 5) is 3.78. The summed E-state index contributed by atoms with van der Waals surface area (Å²) in [7, 11) is 0.0587. The predicted octanol–water partition coefficient (Wildman–Crippen LogP) is 0.833. The van der Waals surface area contributed by atoms with E-state index in [2.05, 4.69) is 9.80 Å². The molecule has 0 N–H and O–H groups in total. The van der Waals surface area contributed by atoms with Gasteiger partial charge in [-0.25, -0.2) is 17.2 Å². The highest BCUT2D eigenvalue weighted by molar-refractivity contribution is 7.89. The summed E-state index contributed by atoms with van der Waals surface area (Å²) in [5, 5.41) is 0. The molecular weight excluding hydrogens is 312 g/mol. The van der Waals surface area contributed by atoms with E-state index in [1.165, 1.54) is 4.31 Å². The summed E-state index contributed by atoms with van der Waals surface area (Å²) >= 11 is 0. The summed E-state index contributed by atoms with van der Waals surface area (Å²) in [6.07, 6.45) is 0. The number of hydrogen-bond donors (Lipinski definition) is 0. The fraction of sp³-hybridized carbons (Fsp3) is 0.571. The van der Waals surface area contributed by atoms with E-state index >= 15 is 0 Å². The second kappa shape index (κ2) is 6.99. The maximum absolute atomic E-state index is 13.7. The third-order valence-electron chi connectivity index (χ3n) is 3.71. The number of piperazine rings is 1. The number of likely N-dealkylation sites (N-methyl/N-ethyl adjacent to an activating group) is 1. The Morgan fingerprint density at radius 1 is 1.14 bits per heavy atom. The first-order valence-corrected chi connectivity index (χ1v) is 8.57. The molecule has 124 valence electrons. The molecule has 0 unspecified atom stereocenters. The van der Waals surface area contributed by atoms with Gasteiger partial charge in [-0.05, 0) is 26.2 Å². The van der Waals surface area contributed by atoms with Crippen molar-refractivity contribution in [2.75, 3.05) is 53.4 Å². The lowest BCUT2D eigenvalue weighted by atomic mass is 10.3. The van der Waals surface area contributed by atoms with Crippen molar-refractivity contribution in [3.05, 3.63) is 29.8 Å². The van der Waals surface area contributed by atoms with Gasteiger partial charge >= 0.3 is 0 Å². The third-order valence-corrected chi connectivity index (χ3v) is 5.64. The van der Waals surface area contributed by atoms with Crippen molar-refractivity contribution in [2.45, 2.75) is 4.90 Å². The average Bonchev–Trinajstić information content (AvgIpc) is 2.45. The largest absolute Gasteiger partial charge is 0.308 e. The smallest absolute Gasteiger partial charge is 0.246 e. The molecule has 0 bridgehead atoms. The minimum absolute atomic E-state index is 0.312. The number of hydrogen-bond acceptors (Lipinski definition) is 4. The summed E-state index contributed by atoms with van der Waals surface area (Å²) in [6, 6.07) is 2.54. The molecule has 8 heteroatoms. The predicted molar refractivity (Wildman–Crippen MR) is 80.1 cm³/mol. The van der Waals surface area contributed by atoms with Gasteiger partial charge in [0, 0.05) is 45.3 Å². The Hall–Kier alpha value is -1.09. The van der Waals surface area contributed by atoms with Crippen LogP contribution in [-0.2, 0) is 10.0 Å². The molecule has 0 amide bonds. The van der Waals surface area contributed by atoms with Crippen LogP contribution in [0.25, 0.3) is 0 Å². The molecule has 0 aromatic heterocycles. The quantitative estimate of drug-likeness (QED) is 0.801. The van der Waals surface area contributed by atoms with Crippen LogP contribution in [0.3, 0.4) is 0 Å². The zero-order valence-electron chi connectivity index (χ0n) is 12.8. The van der Waals surface area contributed by atoms with Gasteiger partial charge in [0.25, 0.3) is 0 Å². The molecule has 5 nitrogen and oxygen atoms in total. The van der Waals surface area contributed by atoms with Crippen LogP contribution in [0, 0.1) is 11.6 Å². The van der Waals surface area contributed by atoms with Crippen molar-refractivity contribution in [1.82, 2.24) is 14.1 Å². The minimum Gasteiger partial charge on any atom is -0.308 e. The minimum atomic E-state index is -3.91. The molecular formula is C14H21F2N3O2S. The highest BCUT2D eigenvalue weighted by Crippen LogP contribution is 2.21. The number of nitrogens with zero attached hydrogens (tertiary/aromatic N) is 3. The first-order valence-electron chi connectivity index (χ1n) is 7.13. The van der Waals surface area contributed by atoms with Crippen LogP contribution in [0.15, 0.2) is 23.1 Å². The molecule has 22 heavy (non-hydrogen) atoms. The Morgan fingerprint density at radius 3 is 2.32 bits per heavy atom. The Morgan fingerprint density at radius 2 is 1.77 bits per heavy atom. The van der Waals surface area contributed by atoms with E-state index in [0.717, 1.165) is 25.2 Å². The van der Waals surface area contributed by atoms with E-state index in [1.807, 2.05) is 14.1 Å². The zero-order valence-corrected chi connectivity index (χ0v) is 13.6. The summed E-state index contributed by atoms with van der Waals surface area (Å²) in [5.74, 6) is -1.83. The van der Waals surface area contributed by atoms with Crippen LogP contribution in [0.5, 0.6) is 0 Å². The SMILES string of the molecule is CN(C)CCN1CCN(S(=O)(=O)c2ccc(F)cc2F)CC1. The average molecular weight is 333 g/mol. The highest BCUT2D eigenvalue weighted by Gasteiger charge is 2.30. The number of rotatable bonds is 5. The summed E-state index contributed by atoms with van der Waals surface area (Å²) < 4.78 is 52.8. The fourth-order valence-electron chi connectivity index (χ4n) is 2.36. The second-order valence-electron chi connectivity index (χ2n) is 5.62. The molecule has 1 aromatic carbocycles. The van der Waals surface area contributed by atoms with Gasteiger partial charge in [0.2, 0.25) is 10.0 Å². The molecule has 1 aliphatic heterocycles. The van der Waals surface area contributed by atoms with Crippen LogP contribution in [-0.4, -0.2) is 75.9 Å². The zero-order chi connectivity index (χ0) is 16.3. The standard InChI is InChI=1S/C14H21F2N3O2S/c1-17(2)5-6-18-7-9-19(10-8-18)22(20,21)14-4-3-12(15)11-13(14)16/h3-4,11H,5-10H2,1-2H3. The van der Waals surface area contributed by atoms with Crippen molar-refractivity contribution in [1.29, 1.82) is 0 Å². The molecule has 0 atom stereocenters. The maximum atomic E-state index is 13.7. The molecule has 2 rings (SSSR count). The number of sulfonamides is 1. The lowest BCUT2D eigenvalue weighted by Gasteiger charge is -2.34. The van der Waals surface area contributed by atoms with Gasteiger partial charge in [-0.3, -0.25) is 4.90 Å². The normalized spacial score (nSPS) is 18.0. The van der Waals surface area contributed by atoms with Gasteiger partial charge in [0.1, 0.15) is 16.5 Å². The molecule has 0 saturated carbocycles. The topological polar surface area (TPSA) is 43.9 Å². The molecule has 1 heterocycles. The van der Waals surface area contributed by atoms with Gasteiger partial charge in [-0.2, -0.15) is 4.31 Å². The van der Waals surface area contributed by atoms with Crippen molar-refractivity contribution in [3.8, 4) is 0 Å². The molecule has 1 saturated heterocycles. The van der Waals surface area contributed by atoms with E-state index in [0.29, 0.717) is 32.2 Å². The second-order valence-corrected chi connectivity index (χ2v) is 7.53. The lowest BCUT2D eigenvalue weighted by Crippen LogP contribution is -2.49. The number of benzene rings is 1. The Balaban J connectivity index is 2.03. The lowest BCUT2D eigenvalue weighted by molar-refractivity contribution is 0.174. The van der Waals surface area contributed by atoms with Gasteiger partial charge in [-0.1, -0.05) is 0 Å². The molecule has 0 radical (unpaired) electrons. The van der Waals surface area contributed by atoms with Crippen LogP contribution < -0.4 is 0 Å². The summed E-state index contributed by atoms with van der Waals surface area (Å²) in [6.45, 7) is 3.61. The maximum Gasteiger partial charge on any atom is 0.246 e. The van der Waals surface area contributed by atoms with Gasteiger partial charge in [0.05, 0.1) is 0 Å². The van der Waals surface area contributed by atoms with Crippen molar-refractivity contribution >= 4 is 10.0 Å². The molecule has 1 aliphatic rings. The highest BCUT2D eigenvalue weighted by atomic mass is 32.2. The van der Waals surface area contributed by atoms with E-state index in [1.54, 1.807) is 0 Å². The molecule has 1 aromatic rings. The van der Waals surface area contributed by atoms with Crippen LogP contribution in [0.1, 0.15) is 0 Å². The van der Waals surface area contributed by atoms with Crippen LogP contribution in [0.4, 0.5) is 8.78 Å². The monoisotopic (exact) mass is 333 g/mol. The van der Waals surface area contributed by atoms with E-state index < -0.39 is 26.6 Å². The first-order chi connectivity index (χ1) is 10.3. The van der Waals surface area contributed by atoms with Crippen molar-refractivity contribution < 1.29 is 17.2 Å². The van der Waals surface area contributed by atoms with Crippen LogP contribution >= 0.6 is 0 Å². The van der Waals surface area contributed by atoms with Crippen molar-refractivity contribution in [3.63, 3.8) is 0 Å². The van der Waals surface area contributed by atoms with Gasteiger partial charge in [0.15, 0.2) is 0 Å². The molecule has 1 fully saturated rings. The van der Waals surface area contributed by atoms with E-state index in [-0.39, 0.29) is 0 Å². The Labute approximate surface area is 130 Å². The van der Waals surface area contributed by atoms with Gasteiger partial charge < -0.3 is 4.90 Å². The molecule has 0 aliphatic carbocycles. The fourth-order valence-corrected chi connectivity index (χ4v) is 3.83. The van der Waals surface area contributed by atoms with Gasteiger partial charge in [-0.15, -0.1) is 0 Å². The van der Waals surface area contributed by atoms with E-state index in [9.17, 15) is 17.2 Å². The third kappa shape index (κ3) is 4.01. The summed E-state index contributed by atoms with van der Waals surface area (Å²) in [5.41, 5.74) is 0. The van der Waals surface area contributed by atoms with Crippen molar-refractivity contribution in [2.24, 2.45) is 0 Å². The first kappa shape index (κ1) is 17.3. The Kier molecular flexibility index (Phi) is 5.49. The molecule has 0 spiro atoms. The Bertz CT molecular complexity index is 615. The van der Waals surface area contributed by atoms with E-state index in [4.69, 9.17) is 0 Å². The number of halogens is 2. The van der Waals surface area contributed by atoms with Crippen LogP contribution in [0.2, 0.25) is 0 Å².